The van der Waals surface area contributed by atoms with Crippen molar-refractivity contribution in [2.45, 2.75) is 26.2 Å². The van der Waals surface area contributed by atoms with Crippen LogP contribution in [0.2, 0.25) is 0 Å². The van der Waals surface area contributed by atoms with Crippen molar-refractivity contribution in [1.29, 1.82) is 0 Å². The molecule has 0 atom stereocenters. The fraction of sp³-hybridized carbons (Fsp3) is 0.583. The zero-order chi connectivity index (χ0) is 13.8. The third kappa shape index (κ3) is 2.86. The SMILES string of the molecule is CCCc1nn(C)c(NCCc2nncn2C)c1N. The van der Waals surface area contributed by atoms with E-state index in [1.165, 1.54) is 0 Å². The highest BCUT2D eigenvalue weighted by molar-refractivity contribution is 5.65. The van der Waals surface area contributed by atoms with Crippen LogP contribution in [0, 0.1) is 0 Å². The Hall–Kier alpha value is -2.05. The number of hydrogen-bond donors (Lipinski definition) is 2. The molecule has 0 aliphatic rings. The quantitative estimate of drug-likeness (QED) is 0.802. The van der Waals surface area contributed by atoms with Crippen LogP contribution in [0.25, 0.3) is 0 Å². The maximum atomic E-state index is 6.10. The summed E-state index contributed by atoms with van der Waals surface area (Å²) in [4.78, 5) is 0. The number of rotatable bonds is 6. The van der Waals surface area contributed by atoms with E-state index in [4.69, 9.17) is 5.73 Å². The molecule has 0 spiro atoms. The van der Waals surface area contributed by atoms with Gasteiger partial charge in [0, 0.05) is 27.1 Å². The first-order chi connectivity index (χ1) is 9.13. The fourth-order valence-electron chi connectivity index (χ4n) is 2.05. The summed E-state index contributed by atoms with van der Waals surface area (Å²) >= 11 is 0. The molecule has 0 fully saturated rings. The van der Waals surface area contributed by atoms with E-state index in [-0.39, 0.29) is 0 Å². The predicted octanol–water partition coefficient (Wildman–Crippen LogP) is 0.738. The zero-order valence-corrected chi connectivity index (χ0v) is 11.7. The first kappa shape index (κ1) is 13.4. The summed E-state index contributed by atoms with van der Waals surface area (Å²) in [5.74, 6) is 1.83. The normalized spacial score (nSPS) is 10.9. The average molecular weight is 263 g/mol. The Labute approximate surface area is 112 Å². The number of anilines is 2. The van der Waals surface area contributed by atoms with Crippen molar-refractivity contribution in [3.8, 4) is 0 Å². The number of nitrogens with one attached hydrogen (secondary N) is 1. The topological polar surface area (TPSA) is 86.6 Å². The summed E-state index contributed by atoms with van der Waals surface area (Å²) in [6.45, 7) is 2.87. The Morgan fingerprint density at radius 2 is 2.11 bits per heavy atom. The molecule has 104 valence electrons. The fourth-order valence-corrected chi connectivity index (χ4v) is 2.05. The maximum Gasteiger partial charge on any atom is 0.147 e. The van der Waals surface area contributed by atoms with Gasteiger partial charge in [-0.05, 0) is 6.42 Å². The molecule has 0 amide bonds. The first-order valence-corrected chi connectivity index (χ1v) is 6.51. The van der Waals surface area contributed by atoms with Crippen LogP contribution >= 0.6 is 0 Å². The van der Waals surface area contributed by atoms with Crippen LogP contribution < -0.4 is 11.1 Å². The molecule has 2 aromatic heterocycles. The third-order valence-corrected chi connectivity index (χ3v) is 3.09. The molecule has 3 N–H and O–H groups in total. The Balaban J connectivity index is 1.98. The summed E-state index contributed by atoms with van der Waals surface area (Å²) in [5, 5.41) is 15.6. The van der Waals surface area contributed by atoms with Crippen LogP contribution in [-0.4, -0.2) is 31.1 Å². The number of nitrogen functional groups attached to an aromatic ring is 1. The Morgan fingerprint density at radius 1 is 1.32 bits per heavy atom. The lowest BCUT2D eigenvalue weighted by Crippen LogP contribution is -2.12. The van der Waals surface area contributed by atoms with E-state index in [0.29, 0.717) is 0 Å². The molecule has 7 nitrogen and oxygen atoms in total. The van der Waals surface area contributed by atoms with E-state index in [1.807, 2.05) is 18.7 Å². The molecule has 0 aromatic carbocycles. The molecule has 7 heteroatoms. The van der Waals surface area contributed by atoms with E-state index in [1.54, 1.807) is 11.0 Å². The molecule has 19 heavy (non-hydrogen) atoms. The van der Waals surface area contributed by atoms with Crippen molar-refractivity contribution >= 4 is 11.5 Å². The lowest BCUT2D eigenvalue weighted by atomic mass is 10.2. The second-order valence-electron chi connectivity index (χ2n) is 4.62. The van der Waals surface area contributed by atoms with Crippen molar-refractivity contribution in [3.05, 3.63) is 17.8 Å². The van der Waals surface area contributed by atoms with Gasteiger partial charge in [0.15, 0.2) is 0 Å². The van der Waals surface area contributed by atoms with Crippen molar-refractivity contribution in [3.63, 3.8) is 0 Å². The number of hydrogen-bond acceptors (Lipinski definition) is 5. The molecular weight excluding hydrogens is 242 g/mol. The highest BCUT2D eigenvalue weighted by Gasteiger charge is 2.12. The van der Waals surface area contributed by atoms with E-state index in [0.717, 1.165) is 48.8 Å². The molecule has 0 bridgehead atoms. The van der Waals surface area contributed by atoms with Crippen LogP contribution in [0.3, 0.4) is 0 Å². The zero-order valence-electron chi connectivity index (χ0n) is 11.7. The van der Waals surface area contributed by atoms with Gasteiger partial charge in [-0.15, -0.1) is 10.2 Å². The van der Waals surface area contributed by atoms with Gasteiger partial charge in [0.2, 0.25) is 0 Å². The monoisotopic (exact) mass is 263 g/mol. The van der Waals surface area contributed by atoms with Crippen molar-refractivity contribution in [2.75, 3.05) is 17.6 Å². The van der Waals surface area contributed by atoms with Crippen LogP contribution in [0.4, 0.5) is 11.5 Å². The Morgan fingerprint density at radius 3 is 2.74 bits per heavy atom. The minimum absolute atomic E-state index is 0.752. The molecule has 2 heterocycles. The molecule has 0 unspecified atom stereocenters. The first-order valence-electron chi connectivity index (χ1n) is 6.51. The summed E-state index contributed by atoms with van der Waals surface area (Å²) in [5.41, 5.74) is 7.82. The largest absolute Gasteiger partial charge is 0.394 e. The number of nitrogens with zero attached hydrogens (tertiary/aromatic N) is 5. The number of aryl methyl sites for hydroxylation is 3. The van der Waals surface area contributed by atoms with E-state index in [2.05, 4.69) is 27.5 Å². The summed E-state index contributed by atoms with van der Waals surface area (Å²) in [6, 6.07) is 0. The molecule has 2 aromatic rings. The second-order valence-corrected chi connectivity index (χ2v) is 4.62. The highest BCUT2D eigenvalue weighted by atomic mass is 15.3. The lowest BCUT2D eigenvalue weighted by Gasteiger charge is -2.07. The second kappa shape index (κ2) is 5.73. The van der Waals surface area contributed by atoms with Crippen LogP contribution in [-0.2, 0) is 26.9 Å². The molecule has 0 aliphatic heterocycles. The van der Waals surface area contributed by atoms with Gasteiger partial charge < -0.3 is 15.6 Å². The minimum Gasteiger partial charge on any atom is -0.394 e. The Kier molecular flexibility index (Phi) is 4.03. The number of aromatic nitrogens is 5. The van der Waals surface area contributed by atoms with Gasteiger partial charge in [-0.3, -0.25) is 4.68 Å². The van der Waals surface area contributed by atoms with Crippen molar-refractivity contribution in [1.82, 2.24) is 24.5 Å². The van der Waals surface area contributed by atoms with Crippen molar-refractivity contribution in [2.24, 2.45) is 14.1 Å². The van der Waals surface area contributed by atoms with Gasteiger partial charge in [-0.2, -0.15) is 5.10 Å². The number of nitrogens with two attached hydrogens (primary N) is 1. The van der Waals surface area contributed by atoms with Gasteiger partial charge in [0.1, 0.15) is 18.0 Å². The predicted molar refractivity (Wildman–Crippen MR) is 74.8 cm³/mol. The van der Waals surface area contributed by atoms with Gasteiger partial charge in [-0.1, -0.05) is 13.3 Å². The van der Waals surface area contributed by atoms with Crippen LogP contribution in [0.5, 0.6) is 0 Å². The summed E-state index contributed by atoms with van der Waals surface area (Å²) < 4.78 is 3.72. The Bertz CT molecular complexity index is 540. The molecule has 0 saturated heterocycles. The lowest BCUT2D eigenvalue weighted by molar-refractivity contribution is 0.730. The van der Waals surface area contributed by atoms with E-state index < -0.39 is 0 Å². The molecule has 0 saturated carbocycles. The molecule has 0 aliphatic carbocycles. The smallest absolute Gasteiger partial charge is 0.147 e. The van der Waals surface area contributed by atoms with Gasteiger partial charge >= 0.3 is 0 Å². The van der Waals surface area contributed by atoms with Crippen molar-refractivity contribution < 1.29 is 0 Å². The third-order valence-electron chi connectivity index (χ3n) is 3.09. The van der Waals surface area contributed by atoms with Crippen LogP contribution in [0.15, 0.2) is 6.33 Å². The van der Waals surface area contributed by atoms with Gasteiger partial charge in [0.05, 0.1) is 11.4 Å². The molecule has 2 rings (SSSR count). The molecule has 0 radical (unpaired) electrons. The van der Waals surface area contributed by atoms with Gasteiger partial charge in [-0.25, -0.2) is 0 Å². The summed E-state index contributed by atoms with van der Waals surface area (Å²) in [7, 11) is 3.84. The standard InChI is InChI=1S/C12H21N7/c1-4-5-9-11(13)12(19(3)17-9)14-7-6-10-16-15-8-18(10)2/h8,14H,4-7,13H2,1-3H3. The highest BCUT2D eigenvalue weighted by Crippen LogP contribution is 2.22. The summed E-state index contributed by atoms with van der Waals surface area (Å²) in [6.07, 6.45) is 4.45. The van der Waals surface area contributed by atoms with E-state index in [9.17, 15) is 0 Å². The maximum absolute atomic E-state index is 6.10. The minimum atomic E-state index is 0.752. The molecular formula is C12H21N7. The van der Waals surface area contributed by atoms with Crippen LogP contribution in [0.1, 0.15) is 24.9 Å². The average Bonchev–Trinajstić information content (AvgIpc) is 2.89. The van der Waals surface area contributed by atoms with Gasteiger partial charge in [0.25, 0.3) is 0 Å². The van der Waals surface area contributed by atoms with E-state index >= 15 is 0 Å².